The number of hydrogen-bond donors (Lipinski definition) is 1. The Balaban J connectivity index is 1.43. The molecule has 0 radical (unpaired) electrons. The van der Waals surface area contributed by atoms with E-state index in [1.807, 2.05) is 72.8 Å². The van der Waals surface area contributed by atoms with Crippen LogP contribution in [0.3, 0.4) is 0 Å². The summed E-state index contributed by atoms with van der Waals surface area (Å²) in [7, 11) is 1.64. The molecule has 1 aromatic heterocycles. The van der Waals surface area contributed by atoms with E-state index in [2.05, 4.69) is 22.4 Å². The molecule has 0 bridgehead atoms. The van der Waals surface area contributed by atoms with E-state index >= 15 is 0 Å². The Morgan fingerprint density at radius 3 is 2.64 bits per heavy atom. The number of benzene rings is 3. The van der Waals surface area contributed by atoms with E-state index in [1.54, 1.807) is 18.9 Å². The Morgan fingerprint density at radius 2 is 1.81 bits per heavy atom. The van der Waals surface area contributed by atoms with Gasteiger partial charge in [-0.25, -0.2) is 0 Å². The lowest BCUT2D eigenvalue weighted by molar-refractivity contribution is 0.224. The number of unbranched alkanes of at least 4 members (excludes halogenated alkanes) is 1. The quantitative estimate of drug-likeness (QED) is 0.206. The maximum absolute atomic E-state index is 6.41. The predicted octanol–water partition coefficient (Wildman–Crippen LogP) is 6.52. The van der Waals surface area contributed by atoms with E-state index in [4.69, 9.17) is 19.2 Å². The fraction of sp³-hybridized carbons (Fsp3) is 0.250. The summed E-state index contributed by atoms with van der Waals surface area (Å²) in [4.78, 5) is 4.71. The SMILES string of the molecule is CCCCSc1nnc2c(n1)O[C@@H](c1ccc(OCc3ccccc3)c(OC)c1)Nc1ccccc1-2. The van der Waals surface area contributed by atoms with Crippen molar-refractivity contribution in [3.05, 3.63) is 83.9 Å². The monoisotopic (exact) mass is 500 g/mol. The molecule has 0 unspecified atom stereocenters. The van der Waals surface area contributed by atoms with Gasteiger partial charge in [-0.05, 0) is 36.2 Å². The second kappa shape index (κ2) is 11.3. The molecule has 5 rings (SSSR count). The molecule has 3 aromatic carbocycles. The van der Waals surface area contributed by atoms with Gasteiger partial charge >= 0.3 is 0 Å². The first-order valence-electron chi connectivity index (χ1n) is 12.0. The van der Waals surface area contributed by atoms with Gasteiger partial charge in [0.2, 0.25) is 11.0 Å². The summed E-state index contributed by atoms with van der Waals surface area (Å²) in [6.45, 7) is 2.62. The second-order valence-electron chi connectivity index (χ2n) is 8.32. The van der Waals surface area contributed by atoms with Crippen LogP contribution in [-0.4, -0.2) is 28.0 Å². The highest BCUT2D eigenvalue weighted by Gasteiger charge is 2.26. The molecule has 1 atom stereocenters. The Bertz CT molecular complexity index is 1320. The topological polar surface area (TPSA) is 78.4 Å². The second-order valence-corrected chi connectivity index (χ2v) is 9.38. The summed E-state index contributed by atoms with van der Waals surface area (Å²) < 4.78 is 18.1. The molecule has 1 aliphatic rings. The molecule has 0 spiro atoms. The van der Waals surface area contributed by atoms with Crippen LogP contribution in [0.4, 0.5) is 5.69 Å². The summed E-state index contributed by atoms with van der Waals surface area (Å²) in [5, 5.41) is 12.9. The minimum atomic E-state index is -0.505. The van der Waals surface area contributed by atoms with Crippen LogP contribution in [0, 0.1) is 0 Å². The van der Waals surface area contributed by atoms with Crippen molar-refractivity contribution in [2.75, 3.05) is 18.2 Å². The van der Waals surface area contributed by atoms with E-state index in [1.165, 1.54) is 0 Å². The summed E-state index contributed by atoms with van der Waals surface area (Å²) in [6.07, 6.45) is 1.71. The van der Waals surface area contributed by atoms with Crippen molar-refractivity contribution in [3.63, 3.8) is 0 Å². The van der Waals surface area contributed by atoms with E-state index in [0.29, 0.717) is 34.8 Å². The molecule has 0 fully saturated rings. The largest absolute Gasteiger partial charge is 0.493 e. The lowest BCUT2D eigenvalue weighted by atomic mass is 10.1. The first-order valence-corrected chi connectivity index (χ1v) is 13.0. The zero-order valence-corrected chi connectivity index (χ0v) is 21.1. The molecule has 1 aliphatic heterocycles. The number of hydrogen-bond acceptors (Lipinski definition) is 8. The van der Waals surface area contributed by atoms with Crippen molar-refractivity contribution in [3.8, 4) is 28.6 Å². The van der Waals surface area contributed by atoms with Crippen molar-refractivity contribution in [2.24, 2.45) is 0 Å². The van der Waals surface area contributed by atoms with Gasteiger partial charge in [-0.15, -0.1) is 10.2 Å². The Kier molecular flexibility index (Phi) is 7.52. The van der Waals surface area contributed by atoms with E-state index in [-0.39, 0.29) is 0 Å². The number of nitrogens with zero attached hydrogens (tertiary/aromatic N) is 3. The number of methoxy groups -OCH3 is 1. The van der Waals surface area contributed by atoms with E-state index < -0.39 is 6.23 Å². The van der Waals surface area contributed by atoms with Gasteiger partial charge in [-0.2, -0.15) is 4.98 Å². The number of para-hydroxylation sites is 1. The predicted molar refractivity (Wildman–Crippen MR) is 142 cm³/mol. The van der Waals surface area contributed by atoms with E-state index in [9.17, 15) is 0 Å². The first kappa shape index (κ1) is 23.9. The van der Waals surface area contributed by atoms with Gasteiger partial charge in [0.1, 0.15) is 6.61 Å². The molecule has 2 heterocycles. The third-order valence-corrected chi connectivity index (χ3v) is 6.71. The third-order valence-electron chi connectivity index (χ3n) is 5.79. The zero-order valence-electron chi connectivity index (χ0n) is 20.3. The van der Waals surface area contributed by atoms with Gasteiger partial charge < -0.3 is 19.5 Å². The van der Waals surface area contributed by atoms with Crippen molar-refractivity contribution in [2.45, 2.75) is 37.8 Å². The lowest BCUT2D eigenvalue weighted by Gasteiger charge is -2.21. The molecular weight excluding hydrogens is 472 g/mol. The van der Waals surface area contributed by atoms with Crippen molar-refractivity contribution >= 4 is 17.4 Å². The number of anilines is 1. The van der Waals surface area contributed by atoms with Gasteiger partial charge in [0.15, 0.2) is 23.4 Å². The number of ether oxygens (including phenoxy) is 3. The van der Waals surface area contributed by atoms with Crippen LogP contribution < -0.4 is 19.5 Å². The van der Waals surface area contributed by atoms with Crippen LogP contribution in [0.1, 0.15) is 37.1 Å². The molecule has 4 aromatic rings. The van der Waals surface area contributed by atoms with Crippen LogP contribution >= 0.6 is 11.8 Å². The van der Waals surface area contributed by atoms with Crippen LogP contribution in [0.2, 0.25) is 0 Å². The highest BCUT2D eigenvalue weighted by Crippen LogP contribution is 2.41. The number of aromatic nitrogens is 3. The maximum atomic E-state index is 6.41. The van der Waals surface area contributed by atoms with Crippen molar-refractivity contribution in [1.29, 1.82) is 0 Å². The minimum Gasteiger partial charge on any atom is -0.493 e. The molecule has 184 valence electrons. The third kappa shape index (κ3) is 5.39. The Morgan fingerprint density at radius 1 is 0.972 bits per heavy atom. The van der Waals surface area contributed by atoms with Crippen LogP contribution in [0.25, 0.3) is 11.3 Å². The summed E-state index contributed by atoms with van der Waals surface area (Å²) >= 11 is 1.59. The van der Waals surface area contributed by atoms with Crippen LogP contribution in [-0.2, 0) is 6.61 Å². The highest BCUT2D eigenvalue weighted by molar-refractivity contribution is 7.99. The molecule has 0 amide bonds. The van der Waals surface area contributed by atoms with Gasteiger partial charge in [0, 0.05) is 22.6 Å². The first-order chi connectivity index (χ1) is 17.7. The number of thioether (sulfide) groups is 1. The Labute approximate surface area is 215 Å². The molecule has 36 heavy (non-hydrogen) atoms. The van der Waals surface area contributed by atoms with Crippen LogP contribution in [0.5, 0.6) is 17.4 Å². The average Bonchev–Trinajstić information content (AvgIpc) is 3.09. The minimum absolute atomic E-state index is 0.454. The molecule has 8 heteroatoms. The average molecular weight is 501 g/mol. The van der Waals surface area contributed by atoms with E-state index in [0.717, 1.165) is 41.0 Å². The summed E-state index contributed by atoms with van der Waals surface area (Å²) in [6, 6.07) is 23.8. The number of rotatable bonds is 9. The number of fused-ring (bicyclic) bond motifs is 3. The smallest absolute Gasteiger partial charge is 0.247 e. The molecule has 0 saturated heterocycles. The zero-order chi connectivity index (χ0) is 24.7. The van der Waals surface area contributed by atoms with Crippen LogP contribution in [0.15, 0.2) is 78.0 Å². The number of nitrogens with one attached hydrogen (secondary N) is 1. The molecule has 0 saturated carbocycles. The Hall–Kier alpha value is -3.78. The normalized spacial score (nSPS) is 14.0. The van der Waals surface area contributed by atoms with Gasteiger partial charge in [-0.1, -0.05) is 73.6 Å². The molecular formula is C28H28N4O3S. The fourth-order valence-corrected chi connectivity index (χ4v) is 4.73. The highest BCUT2D eigenvalue weighted by atomic mass is 32.2. The fourth-order valence-electron chi connectivity index (χ4n) is 3.87. The molecule has 1 N–H and O–H groups in total. The lowest BCUT2D eigenvalue weighted by Crippen LogP contribution is -2.17. The van der Waals surface area contributed by atoms with Gasteiger partial charge in [-0.3, -0.25) is 0 Å². The molecule has 0 aliphatic carbocycles. The van der Waals surface area contributed by atoms with Gasteiger partial charge in [0.05, 0.1) is 7.11 Å². The van der Waals surface area contributed by atoms with Crippen molar-refractivity contribution < 1.29 is 14.2 Å². The van der Waals surface area contributed by atoms with Crippen molar-refractivity contribution in [1.82, 2.24) is 15.2 Å². The van der Waals surface area contributed by atoms with Gasteiger partial charge in [0.25, 0.3) is 0 Å². The maximum Gasteiger partial charge on any atom is 0.247 e. The standard InChI is InChI=1S/C28H28N4O3S/c1-3-4-16-36-28-30-27-25(31-32-28)21-12-8-9-13-22(21)29-26(35-27)20-14-15-23(24(17-20)33-2)34-18-19-10-6-5-7-11-19/h5-15,17,26,29H,3-4,16,18H2,1-2H3/t26-/m0/s1. The molecule has 7 nitrogen and oxygen atoms in total. The summed E-state index contributed by atoms with van der Waals surface area (Å²) in [5.41, 5.74) is 4.38. The summed E-state index contributed by atoms with van der Waals surface area (Å²) in [5.74, 6) is 2.69.